The monoisotopic (exact) mass is 436 g/mol. The highest BCUT2D eigenvalue weighted by Crippen LogP contribution is 2.34. The van der Waals surface area contributed by atoms with Gasteiger partial charge in [-0.05, 0) is 74.7 Å². The highest BCUT2D eigenvalue weighted by Gasteiger charge is 2.48. The first kappa shape index (κ1) is 21.1. The molecule has 0 saturated heterocycles. The van der Waals surface area contributed by atoms with Gasteiger partial charge in [-0.3, -0.25) is 19.2 Å². The Kier molecular flexibility index (Phi) is 5.35. The van der Waals surface area contributed by atoms with Crippen molar-refractivity contribution in [1.29, 1.82) is 0 Å². The third-order valence-electron chi connectivity index (χ3n) is 5.60. The van der Waals surface area contributed by atoms with Crippen LogP contribution >= 0.6 is 11.6 Å². The number of amides is 2. The fraction of sp³-hybridized carbons (Fsp3) is 0.292. The lowest BCUT2D eigenvalue weighted by atomic mass is 9.93. The van der Waals surface area contributed by atoms with Gasteiger partial charge >= 0.3 is 0 Å². The Balaban J connectivity index is 1.72. The molecule has 3 aromatic rings. The molecule has 4 rings (SSSR count). The molecule has 2 aromatic carbocycles. The molecule has 2 heterocycles. The number of hydrogen-bond donors (Lipinski definition) is 1. The summed E-state index contributed by atoms with van der Waals surface area (Å²) in [7, 11) is 0. The van der Waals surface area contributed by atoms with Crippen LogP contribution in [0, 0.1) is 20.8 Å². The molecule has 0 fully saturated rings. The Morgan fingerprint density at radius 2 is 1.74 bits per heavy atom. The number of aromatic nitrogens is 2. The maximum absolute atomic E-state index is 13.6. The number of nitrogens with zero attached hydrogens (tertiary/aromatic N) is 3. The molecule has 2 amide bonds. The Hall–Kier alpha value is -3.12. The zero-order valence-electron chi connectivity index (χ0n) is 18.1. The van der Waals surface area contributed by atoms with E-state index in [0.717, 1.165) is 22.4 Å². The van der Waals surface area contributed by atoms with Crippen LogP contribution in [-0.2, 0) is 17.9 Å². The van der Waals surface area contributed by atoms with E-state index in [1.54, 1.807) is 34.7 Å². The Morgan fingerprint density at radius 3 is 2.39 bits per heavy atom. The van der Waals surface area contributed by atoms with Crippen LogP contribution in [0.2, 0.25) is 5.02 Å². The van der Waals surface area contributed by atoms with E-state index in [1.165, 1.54) is 0 Å². The van der Waals surface area contributed by atoms with Crippen molar-refractivity contribution in [1.82, 2.24) is 15.1 Å². The zero-order chi connectivity index (χ0) is 22.3. The second-order valence-corrected chi connectivity index (χ2v) is 8.83. The number of nitrogens with one attached hydrogen (secondary N) is 1. The quantitative estimate of drug-likeness (QED) is 0.666. The third-order valence-corrected chi connectivity index (χ3v) is 5.85. The van der Waals surface area contributed by atoms with E-state index in [1.807, 2.05) is 51.1 Å². The lowest BCUT2D eigenvalue weighted by Gasteiger charge is -2.43. The number of benzene rings is 2. The SMILES string of the molecule is Cc1cc(C)cc(N2C(=O)c3cc(C)nn3C[C@@]2(C)C(=O)NCc2ccc(Cl)cc2)c1. The molecule has 0 unspecified atom stereocenters. The van der Waals surface area contributed by atoms with Crippen LogP contribution < -0.4 is 10.2 Å². The van der Waals surface area contributed by atoms with E-state index in [2.05, 4.69) is 10.4 Å². The average molecular weight is 437 g/mol. The summed E-state index contributed by atoms with van der Waals surface area (Å²) in [5.41, 5.74) is 3.78. The summed E-state index contributed by atoms with van der Waals surface area (Å²) in [4.78, 5) is 28.7. The summed E-state index contributed by atoms with van der Waals surface area (Å²) in [6.07, 6.45) is 0. The Morgan fingerprint density at radius 1 is 1.10 bits per heavy atom. The fourth-order valence-electron chi connectivity index (χ4n) is 4.17. The fourth-order valence-corrected chi connectivity index (χ4v) is 4.30. The first-order valence-electron chi connectivity index (χ1n) is 10.2. The number of carbonyl (C=O) groups is 2. The number of aryl methyl sites for hydroxylation is 3. The molecular formula is C24H25ClN4O2. The first-order chi connectivity index (χ1) is 14.7. The first-order valence-corrected chi connectivity index (χ1v) is 10.6. The smallest absolute Gasteiger partial charge is 0.277 e. The molecule has 1 N–H and O–H groups in total. The minimum absolute atomic E-state index is 0.235. The average Bonchev–Trinajstić information content (AvgIpc) is 3.06. The number of fused-ring (bicyclic) bond motifs is 1. The largest absolute Gasteiger partial charge is 0.350 e. The lowest BCUT2D eigenvalue weighted by Crippen LogP contribution is -2.64. The highest BCUT2D eigenvalue weighted by atomic mass is 35.5. The van der Waals surface area contributed by atoms with Crippen LogP contribution in [0.4, 0.5) is 5.69 Å². The van der Waals surface area contributed by atoms with Crippen LogP contribution in [0.3, 0.4) is 0 Å². The molecule has 160 valence electrons. The van der Waals surface area contributed by atoms with Crippen LogP contribution in [0.5, 0.6) is 0 Å². The standard InChI is InChI=1S/C24H25ClN4O2/c1-15-9-16(2)11-20(10-15)29-22(30)21-12-17(3)27-28(21)14-24(29,4)23(31)26-13-18-5-7-19(25)8-6-18/h5-12H,13-14H2,1-4H3,(H,26,31)/t24-/m0/s1. The van der Waals surface area contributed by atoms with Gasteiger partial charge in [0, 0.05) is 17.3 Å². The molecule has 0 spiro atoms. The van der Waals surface area contributed by atoms with Gasteiger partial charge in [-0.1, -0.05) is 29.8 Å². The lowest BCUT2D eigenvalue weighted by molar-refractivity contribution is -0.126. The summed E-state index contributed by atoms with van der Waals surface area (Å²) in [5.74, 6) is -0.477. The summed E-state index contributed by atoms with van der Waals surface area (Å²) in [5, 5.41) is 8.09. The van der Waals surface area contributed by atoms with E-state index in [-0.39, 0.29) is 18.4 Å². The molecule has 7 heteroatoms. The van der Waals surface area contributed by atoms with Crippen LogP contribution in [0.25, 0.3) is 0 Å². The number of hydrogen-bond acceptors (Lipinski definition) is 3. The topological polar surface area (TPSA) is 67.2 Å². The van der Waals surface area contributed by atoms with Gasteiger partial charge in [-0.25, -0.2) is 0 Å². The molecular weight excluding hydrogens is 412 g/mol. The number of rotatable bonds is 4. The predicted molar refractivity (Wildman–Crippen MR) is 121 cm³/mol. The van der Waals surface area contributed by atoms with Gasteiger partial charge in [-0.2, -0.15) is 5.10 Å². The normalized spacial score (nSPS) is 18.1. The van der Waals surface area contributed by atoms with E-state index in [0.29, 0.717) is 22.9 Å². The second-order valence-electron chi connectivity index (χ2n) is 8.40. The van der Waals surface area contributed by atoms with Crippen molar-refractivity contribution in [3.05, 3.63) is 81.6 Å². The van der Waals surface area contributed by atoms with E-state index in [4.69, 9.17) is 11.6 Å². The van der Waals surface area contributed by atoms with Crippen LogP contribution in [0.15, 0.2) is 48.5 Å². The third kappa shape index (κ3) is 3.95. The maximum Gasteiger partial charge on any atom is 0.277 e. The number of halogens is 1. The van der Waals surface area contributed by atoms with Gasteiger partial charge < -0.3 is 5.32 Å². The zero-order valence-corrected chi connectivity index (χ0v) is 18.8. The molecule has 6 nitrogen and oxygen atoms in total. The summed E-state index contributed by atoms with van der Waals surface area (Å²) >= 11 is 5.96. The molecule has 0 aliphatic carbocycles. The van der Waals surface area contributed by atoms with Gasteiger partial charge in [0.25, 0.3) is 5.91 Å². The van der Waals surface area contributed by atoms with Gasteiger partial charge in [0.15, 0.2) is 0 Å². The van der Waals surface area contributed by atoms with Crippen molar-refractivity contribution in [3.63, 3.8) is 0 Å². The molecule has 1 atom stereocenters. The number of anilines is 1. The van der Waals surface area contributed by atoms with Gasteiger partial charge in [0.1, 0.15) is 11.2 Å². The molecule has 1 aliphatic heterocycles. The van der Waals surface area contributed by atoms with Crippen molar-refractivity contribution in [2.45, 2.75) is 46.3 Å². The minimum atomic E-state index is -1.14. The highest BCUT2D eigenvalue weighted by molar-refractivity contribution is 6.30. The van der Waals surface area contributed by atoms with Crippen molar-refractivity contribution < 1.29 is 9.59 Å². The van der Waals surface area contributed by atoms with E-state index < -0.39 is 5.54 Å². The van der Waals surface area contributed by atoms with Crippen molar-refractivity contribution in [2.24, 2.45) is 0 Å². The van der Waals surface area contributed by atoms with Crippen molar-refractivity contribution >= 4 is 29.1 Å². The minimum Gasteiger partial charge on any atom is -0.350 e. The van der Waals surface area contributed by atoms with Crippen molar-refractivity contribution in [3.8, 4) is 0 Å². The Bertz CT molecular complexity index is 1150. The molecule has 31 heavy (non-hydrogen) atoms. The second kappa shape index (κ2) is 7.85. The predicted octanol–water partition coefficient (Wildman–Crippen LogP) is 4.20. The summed E-state index contributed by atoms with van der Waals surface area (Å²) in [6.45, 7) is 8.21. The molecule has 1 aromatic heterocycles. The molecule has 0 saturated carbocycles. The maximum atomic E-state index is 13.6. The summed E-state index contributed by atoms with van der Waals surface area (Å²) < 4.78 is 1.64. The molecule has 0 radical (unpaired) electrons. The van der Waals surface area contributed by atoms with Gasteiger partial charge in [0.2, 0.25) is 5.91 Å². The molecule has 0 bridgehead atoms. The summed E-state index contributed by atoms with van der Waals surface area (Å²) in [6, 6.07) is 15.0. The number of carbonyl (C=O) groups excluding carboxylic acids is 2. The van der Waals surface area contributed by atoms with Gasteiger partial charge in [-0.15, -0.1) is 0 Å². The van der Waals surface area contributed by atoms with Crippen molar-refractivity contribution in [2.75, 3.05) is 4.90 Å². The molecule has 1 aliphatic rings. The van der Waals surface area contributed by atoms with E-state index in [9.17, 15) is 9.59 Å². The Labute approximate surface area is 186 Å². The van der Waals surface area contributed by atoms with Gasteiger partial charge in [0.05, 0.1) is 12.2 Å². The van der Waals surface area contributed by atoms with Crippen LogP contribution in [0.1, 0.15) is 39.8 Å². The van der Waals surface area contributed by atoms with E-state index >= 15 is 0 Å². The van der Waals surface area contributed by atoms with Crippen LogP contribution in [-0.4, -0.2) is 27.1 Å².